The molecular formula is C13H14O4S. The van der Waals surface area contributed by atoms with Crippen molar-refractivity contribution in [3.05, 3.63) is 35.9 Å². The molecule has 1 aromatic carbocycles. The Labute approximate surface area is 110 Å². The van der Waals surface area contributed by atoms with Crippen LogP contribution in [0.3, 0.4) is 0 Å². The number of carbonyl (C=O) groups excluding carboxylic acids is 1. The van der Waals surface area contributed by atoms with Gasteiger partial charge in [-0.15, -0.1) is 0 Å². The third kappa shape index (κ3) is 6.10. The molecule has 0 heterocycles. The number of carboxylic acids is 1. The second-order valence-corrected chi connectivity index (χ2v) is 4.65. The second kappa shape index (κ2) is 7.55. The summed E-state index contributed by atoms with van der Waals surface area (Å²) in [5, 5.41) is 8.55. The van der Waals surface area contributed by atoms with E-state index in [-0.39, 0.29) is 11.7 Å². The predicted octanol–water partition coefficient (Wildman–Crippen LogP) is 2.44. The van der Waals surface area contributed by atoms with Crippen molar-refractivity contribution in [3.8, 4) is 5.75 Å². The van der Waals surface area contributed by atoms with E-state index in [9.17, 15) is 9.59 Å². The highest BCUT2D eigenvalue weighted by Gasteiger charge is 1.98. The molecule has 96 valence electrons. The van der Waals surface area contributed by atoms with Gasteiger partial charge < -0.3 is 9.84 Å². The maximum Gasteiger partial charge on any atom is 0.341 e. The van der Waals surface area contributed by atoms with Gasteiger partial charge in [0, 0.05) is 12.7 Å². The Morgan fingerprint density at radius 1 is 1.33 bits per heavy atom. The van der Waals surface area contributed by atoms with Crippen molar-refractivity contribution in [3.63, 3.8) is 0 Å². The molecule has 5 heteroatoms. The van der Waals surface area contributed by atoms with E-state index in [0.717, 1.165) is 5.56 Å². The highest BCUT2D eigenvalue weighted by Crippen LogP contribution is 2.13. The van der Waals surface area contributed by atoms with Crippen LogP contribution < -0.4 is 4.74 Å². The normalized spacial score (nSPS) is 10.5. The SMILES string of the molecule is CC(=O)SCC=Cc1ccc(OCC(=O)O)cc1. The van der Waals surface area contributed by atoms with Crippen LogP contribution >= 0.6 is 11.8 Å². The van der Waals surface area contributed by atoms with Gasteiger partial charge in [0.25, 0.3) is 0 Å². The minimum atomic E-state index is -1.000. The molecule has 1 N–H and O–H groups in total. The Bertz CT molecular complexity index is 437. The fraction of sp³-hybridized carbons (Fsp3) is 0.231. The Morgan fingerprint density at radius 2 is 2.00 bits per heavy atom. The minimum Gasteiger partial charge on any atom is -0.482 e. The predicted molar refractivity (Wildman–Crippen MR) is 71.7 cm³/mol. The molecule has 0 saturated carbocycles. The maximum atomic E-state index is 10.7. The molecule has 0 radical (unpaired) electrons. The molecular weight excluding hydrogens is 252 g/mol. The van der Waals surface area contributed by atoms with Crippen molar-refractivity contribution in [1.29, 1.82) is 0 Å². The van der Waals surface area contributed by atoms with Crippen molar-refractivity contribution >= 4 is 28.9 Å². The van der Waals surface area contributed by atoms with E-state index >= 15 is 0 Å². The fourth-order valence-corrected chi connectivity index (χ4v) is 1.60. The minimum absolute atomic E-state index is 0.0945. The first kappa shape index (κ1) is 14.3. The first-order valence-electron chi connectivity index (χ1n) is 5.32. The van der Waals surface area contributed by atoms with Gasteiger partial charge in [0.1, 0.15) is 5.75 Å². The zero-order valence-electron chi connectivity index (χ0n) is 9.96. The lowest BCUT2D eigenvalue weighted by Gasteiger charge is -2.02. The van der Waals surface area contributed by atoms with Gasteiger partial charge in [0.05, 0.1) is 0 Å². The van der Waals surface area contributed by atoms with Crippen LogP contribution in [-0.4, -0.2) is 28.6 Å². The van der Waals surface area contributed by atoms with Crippen LogP contribution in [0.15, 0.2) is 30.3 Å². The van der Waals surface area contributed by atoms with Gasteiger partial charge in [-0.05, 0) is 17.7 Å². The molecule has 0 unspecified atom stereocenters. The highest BCUT2D eigenvalue weighted by atomic mass is 32.2. The number of thioether (sulfide) groups is 1. The highest BCUT2D eigenvalue weighted by molar-refractivity contribution is 8.13. The number of benzene rings is 1. The topological polar surface area (TPSA) is 63.6 Å². The Morgan fingerprint density at radius 3 is 2.56 bits per heavy atom. The summed E-state index contributed by atoms with van der Waals surface area (Å²) >= 11 is 1.25. The molecule has 1 aromatic rings. The molecule has 4 nitrogen and oxygen atoms in total. The van der Waals surface area contributed by atoms with Crippen molar-refractivity contribution in [1.82, 2.24) is 0 Å². The summed E-state index contributed by atoms with van der Waals surface area (Å²) in [5.74, 6) is 0.167. The van der Waals surface area contributed by atoms with Gasteiger partial charge in [-0.25, -0.2) is 4.79 Å². The van der Waals surface area contributed by atoms with Gasteiger partial charge in [0.15, 0.2) is 11.7 Å². The van der Waals surface area contributed by atoms with E-state index in [1.807, 2.05) is 24.3 Å². The Hall–Kier alpha value is -1.75. The smallest absolute Gasteiger partial charge is 0.341 e. The molecule has 0 aliphatic carbocycles. The van der Waals surface area contributed by atoms with Gasteiger partial charge in [-0.3, -0.25) is 4.79 Å². The number of rotatable bonds is 6. The standard InChI is InChI=1S/C13H14O4S/c1-10(14)18-8-2-3-11-4-6-12(7-5-11)17-9-13(15)16/h2-7H,8-9H2,1H3,(H,15,16). The molecule has 0 aliphatic rings. The lowest BCUT2D eigenvalue weighted by molar-refractivity contribution is -0.139. The summed E-state index contributed by atoms with van der Waals surface area (Å²) in [4.78, 5) is 21.0. The summed E-state index contributed by atoms with van der Waals surface area (Å²) in [6.07, 6.45) is 3.80. The molecule has 0 amide bonds. The van der Waals surface area contributed by atoms with E-state index in [2.05, 4.69) is 0 Å². The molecule has 0 fully saturated rings. The maximum absolute atomic E-state index is 10.7. The zero-order chi connectivity index (χ0) is 13.4. The summed E-state index contributed by atoms with van der Waals surface area (Å²) < 4.78 is 5.01. The van der Waals surface area contributed by atoms with Crippen LogP contribution in [0.2, 0.25) is 0 Å². The summed E-state index contributed by atoms with van der Waals surface area (Å²) in [7, 11) is 0. The first-order chi connectivity index (χ1) is 8.58. The average Bonchev–Trinajstić information content (AvgIpc) is 2.33. The number of hydrogen-bond donors (Lipinski definition) is 1. The average molecular weight is 266 g/mol. The van der Waals surface area contributed by atoms with Crippen LogP contribution in [0.1, 0.15) is 12.5 Å². The van der Waals surface area contributed by atoms with Gasteiger partial charge in [0.2, 0.25) is 0 Å². The third-order valence-electron chi connectivity index (χ3n) is 1.94. The quantitative estimate of drug-likeness (QED) is 0.856. The van der Waals surface area contributed by atoms with E-state index in [0.29, 0.717) is 11.5 Å². The molecule has 0 bridgehead atoms. The van der Waals surface area contributed by atoms with Crippen molar-refractivity contribution < 1.29 is 19.4 Å². The van der Waals surface area contributed by atoms with Crippen LogP contribution in [0.5, 0.6) is 5.75 Å². The van der Waals surface area contributed by atoms with Crippen LogP contribution in [-0.2, 0) is 9.59 Å². The lowest BCUT2D eigenvalue weighted by atomic mass is 10.2. The molecule has 18 heavy (non-hydrogen) atoms. The molecule has 0 aliphatic heterocycles. The van der Waals surface area contributed by atoms with Crippen molar-refractivity contribution in [2.45, 2.75) is 6.92 Å². The summed E-state index contributed by atoms with van der Waals surface area (Å²) in [6, 6.07) is 7.07. The van der Waals surface area contributed by atoms with Crippen LogP contribution in [0.4, 0.5) is 0 Å². The Kier molecular flexibility index (Phi) is 6.00. The number of aliphatic carboxylic acids is 1. The molecule has 0 spiro atoms. The monoisotopic (exact) mass is 266 g/mol. The molecule has 1 rings (SSSR count). The molecule has 0 saturated heterocycles. The number of ether oxygens (including phenoxy) is 1. The van der Waals surface area contributed by atoms with Gasteiger partial charge >= 0.3 is 5.97 Å². The fourth-order valence-electron chi connectivity index (χ4n) is 1.17. The van der Waals surface area contributed by atoms with E-state index < -0.39 is 5.97 Å². The van der Waals surface area contributed by atoms with E-state index in [4.69, 9.17) is 9.84 Å². The van der Waals surface area contributed by atoms with E-state index in [1.165, 1.54) is 18.7 Å². The number of carboxylic acid groups (broad SMARTS) is 1. The molecule has 0 atom stereocenters. The first-order valence-corrected chi connectivity index (χ1v) is 6.31. The lowest BCUT2D eigenvalue weighted by Crippen LogP contribution is -2.09. The molecule has 0 aromatic heterocycles. The number of hydrogen-bond acceptors (Lipinski definition) is 4. The zero-order valence-corrected chi connectivity index (χ0v) is 10.8. The van der Waals surface area contributed by atoms with Crippen molar-refractivity contribution in [2.75, 3.05) is 12.4 Å². The Balaban J connectivity index is 2.44. The van der Waals surface area contributed by atoms with Crippen LogP contribution in [0, 0.1) is 0 Å². The largest absolute Gasteiger partial charge is 0.482 e. The summed E-state index contributed by atoms with van der Waals surface area (Å²) in [5.41, 5.74) is 0.974. The van der Waals surface area contributed by atoms with Crippen LogP contribution in [0.25, 0.3) is 6.08 Å². The summed E-state index contributed by atoms with van der Waals surface area (Å²) in [6.45, 7) is 1.19. The second-order valence-electron chi connectivity index (χ2n) is 3.46. The van der Waals surface area contributed by atoms with Gasteiger partial charge in [-0.2, -0.15) is 0 Å². The van der Waals surface area contributed by atoms with Gasteiger partial charge in [-0.1, -0.05) is 36.0 Å². The third-order valence-corrected chi connectivity index (χ3v) is 2.70. The van der Waals surface area contributed by atoms with E-state index in [1.54, 1.807) is 12.1 Å². The number of carbonyl (C=O) groups is 2. The van der Waals surface area contributed by atoms with Crippen molar-refractivity contribution in [2.24, 2.45) is 0 Å².